The zero-order valence-electron chi connectivity index (χ0n) is 22.5. The number of aromatic nitrogens is 5. The Morgan fingerprint density at radius 2 is 1.77 bits per heavy atom. The quantitative estimate of drug-likeness (QED) is 0.200. The van der Waals surface area contributed by atoms with Crippen LogP contribution in [0.25, 0.3) is 16.6 Å². The zero-order valence-corrected chi connectivity index (χ0v) is 22.5. The maximum absolute atomic E-state index is 14.9. The molecule has 3 aromatic heterocycles. The van der Waals surface area contributed by atoms with Crippen molar-refractivity contribution in [3.63, 3.8) is 0 Å². The van der Waals surface area contributed by atoms with Gasteiger partial charge in [-0.15, -0.1) is 0 Å². The Balaban J connectivity index is 1.31. The lowest BCUT2D eigenvalue weighted by Crippen LogP contribution is -2.22. The highest BCUT2D eigenvalue weighted by Gasteiger charge is 2.16. The smallest absolute Gasteiger partial charge is 0.324 e. The SMILES string of the molecule is CC(C)Nc1cc(Oc2ccc(NC(=O)Nc3cc(C(C)C)nn3-c3ccc4ncncc4c3)c(F)c2)ccn1. The molecule has 10 nitrogen and oxygen atoms in total. The number of hydrogen-bond donors (Lipinski definition) is 3. The van der Waals surface area contributed by atoms with Gasteiger partial charge in [0.05, 0.1) is 22.6 Å². The molecule has 0 unspecified atom stereocenters. The average Bonchev–Trinajstić information content (AvgIpc) is 3.34. The van der Waals surface area contributed by atoms with Gasteiger partial charge in [0.15, 0.2) is 0 Å². The monoisotopic (exact) mass is 540 g/mol. The number of halogens is 1. The first-order valence-corrected chi connectivity index (χ1v) is 12.8. The number of anilines is 3. The number of urea groups is 1. The second-order valence-corrected chi connectivity index (χ2v) is 9.79. The van der Waals surface area contributed by atoms with Crippen molar-refractivity contribution in [1.29, 1.82) is 0 Å². The lowest BCUT2D eigenvalue weighted by Gasteiger charge is -2.13. The molecular formula is C29H29FN8O2. The predicted octanol–water partition coefficient (Wildman–Crippen LogP) is 6.73. The number of nitrogens with zero attached hydrogens (tertiary/aromatic N) is 5. The summed E-state index contributed by atoms with van der Waals surface area (Å²) in [6.45, 7) is 8.03. The van der Waals surface area contributed by atoms with Crippen molar-refractivity contribution in [2.45, 2.75) is 39.7 Å². The second kappa shape index (κ2) is 11.4. The normalized spacial score (nSPS) is 11.2. The minimum Gasteiger partial charge on any atom is -0.457 e. The van der Waals surface area contributed by atoms with Gasteiger partial charge >= 0.3 is 6.03 Å². The molecule has 0 aliphatic heterocycles. The zero-order chi connectivity index (χ0) is 28.2. The van der Waals surface area contributed by atoms with Crippen LogP contribution in [0, 0.1) is 5.82 Å². The van der Waals surface area contributed by atoms with E-state index in [2.05, 4.69) is 36.0 Å². The van der Waals surface area contributed by atoms with Crippen LogP contribution in [0.2, 0.25) is 0 Å². The highest BCUT2D eigenvalue weighted by atomic mass is 19.1. The van der Waals surface area contributed by atoms with E-state index in [1.165, 1.54) is 18.5 Å². The summed E-state index contributed by atoms with van der Waals surface area (Å²) in [6, 6.07) is 14.6. The molecule has 0 radical (unpaired) electrons. The Labute approximate surface area is 230 Å². The molecule has 3 N–H and O–H groups in total. The first kappa shape index (κ1) is 26.5. The number of carbonyl (C=O) groups is 1. The summed E-state index contributed by atoms with van der Waals surface area (Å²) in [4.78, 5) is 25.5. The first-order valence-electron chi connectivity index (χ1n) is 12.8. The van der Waals surface area contributed by atoms with Crippen molar-refractivity contribution in [1.82, 2.24) is 24.7 Å². The topological polar surface area (TPSA) is 119 Å². The molecule has 204 valence electrons. The number of fused-ring (bicyclic) bond motifs is 1. The van der Waals surface area contributed by atoms with Crippen LogP contribution in [-0.4, -0.2) is 36.8 Å². The van der Waals surface area contributed by atoms with Crippen molar-refractivity contribution in [2.24, 2.45) is 0 Å². The Morgan fingerprint density at radius 1 is 0.950 bits per heavy atom. The predicted molar refractivity (Wildman–Crippen MR) is 153 cm³/mol. The summed E-state index contributed by atoms with van der Waals surface area (Å²) in [5, 5.41) is 14.1. The van der Waals surface area contributed by atoms with Crippen molar-refractivity contribution in [2.75, 3.05) is 16.0 Å². The largest absolute Gasteiger partial charge is 0.457 e. The maximum atomic E-state index is 14.9. The van der Waals surface area contributed by atoms with Crippen LogP contribution in [0.1, 0.15) is 39.3 Å². The molecule has 40 heavy (non-hydrogen) atoms. The van der Waals surface area contributed by atoms with Crippen LogP contribution in [-0.2, 0) is 0 Å². The molecule has 0 saturated heterocycles. The molecule has 0 atom stereocenters. The number of nitrogens with one attached hydrogen (secondary N) is 3. The van der Waals surface area contributed by atoms with Gasteiger partial charge in [-0.25, -0.2) is 28.8 Å². The van der Waals surface area contributed by atoms with E-state index in [-0.39, 0.29) is 23.4 Å². The van der Waals surface area contributed by atoms with Gasteiger partial charge in [0, 0.05) is 42.0 Å². The van der Waals surface area contributed by atoms with Gasteiger partial charge in [-0.3, -0.25) is 5.32 Å². The fraction of sp³-hybridized carbons (Fsp3) is 0.207. The fourth-order valence-electron chi connectivity index (χ4n) is 3.99. The van der Waals surface area contributed by atoms with Gasteiger partial charge in [0.2, 0.25) is 0 Å². The standard InChI is InChI=1S/C29H29FN8O2/c1-17(2)26-14-28(38(37-26)20-5-7-24-19(11-20)15-31-16-33-24)36-29(39)35-25-8-6-21(12-23(25)30)40-22-9-10-32-27(13-22)34-18(3)4/h5-18H,1-4H3,(H,32,34)(H2,35,36,39). The minimum atomic E-state index is -0.645. The van der Waals surface area contributed by atoms with Crippen LogP contribution >= 0.6 is 0 Å². The minimum absolute atomic E-state index is 0.000237. The third-order valence-corrected chi connectivity index (χ3v) is 5.89. The number of rotatable bonds is 8. The van der Waals surface area contributed by atoms with Crippen LogP contribution in [0.3, 0.4) is 0 Å². The molecule has 0 spiro atoms. The molecule has 5 rings (SSSR count). The summed E-state index contributed by atoms with van der Waals surface area (Å²) in [6.07, 6.45) is 4.81. The Kier molecular flexibility index (Phi) is 7.54. The summed E-state index contributed by atoms with van der Waals surface area (Å²) >= 11 is 0. The van der Waals surface area contributed by atoms with E-state index in [0.717, 1.165) is 22.3 Å². The molecule has 5 aromatic rings. The maximum Gasteiger partial charge on any atom is 0.324 e. The number of amides is 2. The second-order valence-electron chi connectivity index (χ2n) is 9.79. The number of carbonyl (C=O) groups excluding carboxylic acids is 1. The number of benzene rings is 2. The number of ether oxygens (including phenoxy) is 1. The molecular weight excluding hydrogens is 511 g/mol. The summed E-state index contributed by atoms with van der Waals surface area (Å²) < 4.78 is 22.3. The van der Waals surface area contributed by atoms with Crippen LogP contribution in [0.4, 0.5) is 26.5 Å². The van der Waals surface area contributed by atoms with E-state index < -0.39 is 11.8 Å². The first-order chi connectivity index (χ1) is 19.2. The fourth-order valence-corrected chi connectivity index (χ4v) is 3.99. The molecule has 0 aliphatic rings. The van der Waals surface area contributed by atoms with E-state index in [1.54, 1.807) is 41.3 Å². The molecule has 3 heterocycles. The summed E-state index contributed by atoms with van der Waals surface area (Å²) in [5.41, 5.74) is 2.30. The van der Waals surface area contributed by atoms with E-state index in [9.17, 15) is 9.18 Å². The molecule has 2 amide bonds. The van der Waals surface area contributed by atoms with E-state index in [4.69, 9.17) is 4.74 Å². The molecule has 0 fully saturated rings. The molecule has 11 heteroatoms. The van der Waals surface area contributed by atoms with Crippen molar-refractivity contribution >= 4 is 34.3 Å². The molecule has 0 saturated carbocycles. The van der Waals surface area contributed by atoms with Gasteiger partial charge in [0.25, 0.3) is 0 Å². The summed E-state index contributed by atoms with van der Waals surface area (Å²) in [5.74, 6) is 1.35. The van der Waals surface area contributed by atoms with Gasteiger partial charge in [-0.2, -0.15) is 5.10 Å². The highest BCUT2D eigenvalue weighted by molar-refractivity contribution is 5.99. The lowest BCUT2D eigenvalue weighted by molar-refractivity contribution is 0.262. The molecule has 0 aliphatic carbocycles. The lowest BCUT2D eigenvalue weighted by atomic mass is 10.1. The Bertz CT molecular complexity index is 1670. The highest BCUT2D eigenvalue weighted by Crippen LogP contribution is 2.28. The third-order valence-electron chi connectivity index (χ3n) is 5.89. The van der Waals surface area contributed by atoms with Crippen molar-refractivity contribution < 1.29 is 13.9 Å². The van der Waals surface area contributed by atoms with Crippen LogP contribution in [0.5, 0.6) is 11.5 Å². The van der Waals surface area contributed by atoms with Gasteiger partial charge in [0.1, 0.15) is 35.3 Å². The average molecular weight is 541 g/mol. The van der Waals surface area contributed by atoms with E-state index in [1.807, 2.05) is 45.9 Å². The number of hydrogen-bond acceptors (Lipinski definition) is 7. The van der Waals surface area contributed by atoms with Gasteiger partial charge in [-0.05, 0) is 56.2 Å². The van der Waals surface area contributed by atoms with Crippen molar-refractivity contribution in [3.05, 3.63) is 84.8 Å². The van der Waals surface area contributed by atoms with E-state index >= 15 is 0 Å². The number of pyridine rings is 1. The van der Waals surface area contributed by atoms with Gasteiger partial charge in [-0.1, -0.05) is 13.8 Å². The Hall–Kier alpha value is -5.06. The van der Waals surface area contributed by atoms with Gasteiger partial charge < -0.3 is 15.4 Å². The molecule has 2 aromatic carbocycles. The Morgan fingerprint density at radius 3 is 2.55 bits per heavy atom. The summed E-state index contributed by atoms with van der Waals surface area (Å²) in [7, 11) is 0. The van der Waals surface area contributed by atoms with E-state index in [0.29, 0.717) is 17.4 Å². The third kappa shape index (κ3) is 6.15. The molecule has 0 bridgehead atoms. The van der Waals surface area contributed by atoms with Crippen molar-refractivity contribution in [3.8, 4) is 17.2 Å². The van der Waals surface area contributed by atoms with Crippen LogP contribution in [0.15, 0.2) is 73.3 Å². The van der Waals surface area contributed by atoms with Crippen LogP contribution < -0.4 is 20.7 Å².